The summed E-state index contributed by atoms with van der Waals surface area (Å²) in [5.41, 5.74) is 4.73. The molecule has 2 aromatic rings. The van der Waals surface area contributed by atoms with Crippen LogP contribution in [0.2, 0.25) is 0 Å². The van der Waals surface area contributed by atoms with Crippen molar-refractivity contribution in [1.29, 1.82) is 0 Å². The lowest BCUT2D eigenvalue weighted by Gasteiger charge is -2.13. The first-order chi connectivity index (χ1) is 13.1. The third kappa shape index (κ3) is 4.61. The minimum absolute atomic E-state index is 0.187. The van der Waals surface area contributed by atoms with E-state index in [0.29, 0.717) is 38.5 Å². The van der Waals surface area contributed by atoms with E-state index in [4.69, 9.17) is 14.5 Å². The predicted molar refractivity (Wildman–Crippen MR) is 105 cm³/mol. The van der Waals surface area contributed by atoms with Gasteiger partial charge in [-0.15, -0.1) is 0 Å². The Morgan fingerprint density at radius 2 is 2.04 bits per heavy atom. The molecule has 0 N–H and O–H groups in total. The number of carbonyl (C=O) groups is 1. The lowest BCUT2D eigenvalue weighted by Crippen LogP contribution is -2.14. The van der Waals surface area contributed by atoms with Crippen LogP contribution in [-0.2, 0) is 33.8 Å². The molecule has 1 aliphatic rings. The van der Waals surface area contributed by atoms with Crippen molar-refractivity contribution in [2.45, 2.75) is 45.8 Å². The second kappa shape index (κ2) is 8.91. The molecule has 0 fully saturated rings. The van der Waals surface area contributed by atoms with E-state index in [1.807, 2.05) is 31.2 Å². The van der Waals surface area contributed by atoms with Gasteiger partial charge in [-0.3, -0.25) is 9.78 Å². The average Bonchev–Trinajstić information content (AvgIpc) is 3.09. The molecule has 3 rings (SSSR count). The molecule has 27 heavy (non-hydrogen) atoms. The minimum Gasteiger partial charge on any atom is -0.481 e. The van der Waals surface area contributed by atoms with E-state index in [9.17, 15) is 4.79 Å². The zero-order chi connectivity index (χ0) is 19.2. The number of methoxy groups -OCH3 is 1. The van der Waals surface area contributed by atoms with Crippen molar-refractivity contribution in [2.75, 3.05) is 13.7 Å². The number of hydrogen-bond donors (Lipinski definition) is 0. The van der Waals surface area contributed by atoms with Crippen LogP contribution in [-0.4, -0.2) is 30.4 Å². The second-order valence-corrected chi connectivity index (χ2v) is 6.79. The summed E-state index contributed by atoms with van der Waals surface area (Å²) in [6.07, 6.45) is 0.829. The molecule has 0 unspecified atom stereocenters. The van der Waals surface area contributed by atoms with Gasteiger partial charge in [0.25, 0.3) is 0 Å². The highest BCUT2D eigenvalue weighted by Gasteiger charge is 2.24. The van der Waals surface area contributed by atoms with Gasteiger partial charge in [0.1, 0.15) is 5.78 Å². The summed E-state index contributed by atoms with van der Waals surface area (Å²) < 4.78 is 10.9. The highest BCUT2D eigenvalue weighted by Crippen LogP contribution is 2.25. The third-order valence-electron chi connectivity index (χ3n) is 4.75. The number of nitrogens with zero attached hydrogens (tertiary/aromatic N) is 2. The molecule has 0 radical (unpaired) electrons. The molecule has 1 atom stereocenters. The maximum Gasteiger partial charge on any atom is 0.218 e. The standard InChI is InChI=1S/C22H26N2O3/c1-4-27-14-20-21-17(13-23-22(21)26-3)11-18(24-20)12-19(25)10-15(2)16-8-6-5-7-9-16/h5-9,11,15H,4,10,12-14H2,1-3H3/t15-/m0/s1. The summed E-state index contributed by atoms with van der Waals surface area (Å²) in [6, 6.07) is 12.1. The molecule has 0 spiro atoms. The lowest BCUT2D eigenvalue weighted by atomic mass is 9.94. The number of benzene rings is 1. The molecule has 1 aromatic heterocycles. The molecule has 0 saturated heterocycles. The van der Waals surface area contributed by atoms with E-state index in [1.165, 1.54) is 5.56 Å². The maximum absolute atomic E-state index is 12.6. The van der Waals surface area contributed by atoms with E-state index in [0.717, 1.165) is 22.5 Å². The Hall–Kier alpha value is -2.53. The van der Waals surface area contributed by atoms with Gasteiger partial charge in [-0.05, 0) is 30.0 Å². The summed E-state index contributed by atoms with van der Waals surface area (Å²) in [4.78, 5) is 21.7. The molecule has 142 valence electrons. The van der Waals surface area contributed by atoms with Crippen molar-refractivity contribution in [3.8, 4) is 0 Å². The topological polar surface area (TPSA) is 60.8 Å². The Balaban J connectivity index is 1.74. The number of rotatable bonds is 8. The Kier molecular flexibility index (Phi) is 6.35. The molecule has 1 aliphatic heterocycles. The van der Waals surface area contributed by atoms with Crippen LogP contribution in [0.25, 0.3) is 0 Å². The minimum atomic E-state index is 0.187. The lowest BCUT2D eigenvalue weighted by molar-refractivity contribution is -0.118. The summed E-state index contributed by atoms with van der Waals surface area (Å²) >= 11 is 0. The molecule has 5 heteroatoms. The number of carbonyl (C=O) groups excluding carboxylic acids is 1. The molecule has 2 heterocycles. The van der Waals surface area contributed by atoms with Crippen molar-refractivity contribution >= 4 is 11.7 Å². The molecular weight excluding hydrogens is 340 g/mol. The Morgan fingerprint density at radius 3 is 2.74 bits per heavy atom. The molecule has 0 bridgehead atoms. The Bertz CT molecular complexity index is 831. The number of Topliss-reactive ketones (excluding diaryl/α,β-unsaturated/α-hetero) is 1. The summed E-state index contributed by atoms with van der Waals surface area (Å²) in [5.74, 6) is 0.981. The molecule has 0 saturated carbocycles. The number of aliphatic imine (C=N–C) groups is 1. The van der Waals surface area contributed by atoms with Gasteiger partial charge in [-0.1, -0.05) is 37.3 Å². The molecule has 0 amide bonds. The van der Waals surface area contributed by atoms with E-state index in [-0.39, 0.29) is 11.7 Å². The molecule has 0 aliphatic carbocycles. The van der Waals surface area contributed by atoms with E-state index in [2.05, 4.69) is 24.0 Å². The smallest absolute Gasteiger partial charge is 0.218 e. The molecule has 5 nitrogen and oxygen atoms in total. The zero-order valence-electron chi connectivity index (χ0n) is 16.2. The van der Waals surface area contributed by atoms with Crippen LogP contribution in [0.15, 0.2) is 41.4 Å². The van der Waals surface area contributed by atoms with Gasteiger partial charge in [0.05, 0.1) is 31.5 Å². The first-order valence-corrected chi connectivity index (χ1v) is 9.37. The van der Waals surface area contributed by atoms with E-state index in [1.54, 1.807) is 7.11 Å². The Morgan fingerprint density at radius 1 is 1.26 bits per heavy atom. The van der Waals surface area contributed by atoms with Crippen LogP contribution in [0.5, 0.6) is 0 Å². The fourth-order valence-corrected chi connectivity index (χ4v) is 3.42. The van der Waals surface area contributed by atoms with Gasteiger partial charge in [0.2, 0.25) is 5.90 Å². The van der Waals surface area contributed by atoms with Gasteiger partial charge in [-0.2, -0.15) is 0 Å². The number of pyridine rings is 1. The second-order valence-electron chi connectivity index (χ2n) is 6.79. The highest BCUT2D eigenvalue weighted by molar-refractivity contribution is 5.98. The number of hydrogen-bond acceptors (Lipinski definition) is 5. The summed E-state index contributed by atoms with van der Waals surface area (Å²) in [7, 11) is 1.61. The predicted octanol–water partition coefficient (Wildman–Crippen LogP) is 3.83. The van der Waals surface area contributed by atoms with Gasteiger partial charge in [0, 0.05) is 25.1 Å². The normalized spacial score (nSPS) is 13.8. The van der Waals surface area contributed by atoms with Crippen molar-refractivity contribution < 1.29 is 14.3 Å². The van der Waals surface area contributed by atoms with Crippen LogP contribution in [0.1, 0.15) is 54.3 Å². The van der Waals surface area contributed by atoms with Crippen LogP contribution in [0, 0.1) is 0 Å². The van der Waals surface area contributed by atoms with Crippen molar-refractivity contribution in [3.63, 3.8) is 0 Å². The Labute approximate surface area is 160 Å². The van der Waals surface area contributed by atoms with Crippen LogP contribution in [0.3, 0.4) is 0 Å². The van der Waals surface area contributed by atoms with Crippen molar-refractivity contribution in [3.05, 3.63) is 64.5 Å². The quantitative estimate of drug-likeness (QED) is 0.712. The number of aromatic nitrogens is 1. The van der Waals surface area contributed by atoms with Crippen LogP contribution in [0.4, 0.5) is 0 Å². The van der Waals surface area contributed by atoms with Gasteiger partial charge < -0.3 is 9.47 Å². The van der Waals surface area contributed by atoms with Gasteiger partial charge in [-0.25, -0.2) is 4.99 Å². The fraction of sp³-hybridized carbons (Fsp3) is 0.409. The first kappa shape index (κ1) is 19.2. The number of ketones is 1. The highest BCUT2D eigenvalue weighted by atomic mass is 16.5. The largest absolute Gasteiger partial charge is 0.481 e. The summed E-state index contributed by atoms with van der Waals surface area (Å²) in [5, 5.41) is 0. The monoisotopic (exact) mass is 366 g/mol. The third-order valence-corrected chi connectivity index (χ3v) is 4.75. The SMILES string of the molecule is CCOCc1nc(CC(=O)C[C@H](C)c2ccccc2)cc2c1C(OC)=NC2. The average molecular weight is 366 g/mol. The summed E-state index contributed by atoms with van der Waals surface area (Å²) in [6.45, 7) is 5.59. The van der Waals surface area contributed by atoms with Gasteiger partial charge >= 0.3 is 0 Å². The molecule has 1 aromatic carbocycles. The van der Waals surface area contributed by atoms with E-state index >= 15 is 0 Å². The van der Waals surface area contributed by atoms with Crippen molar-refractivity contribution in [2.24, 2.45) is 4.99 Å². The van der Waals surface area contributed by atoms with Gasteiger partial charge in [0.15, 0.2) is 0 Å². The van der Waals surface area contributed by atoms with Crippen LogP contribution >= 0.6 is 0 Å². The molecular formula is C22H26N2O3. The maximum atomic E-state index is 12.6. The fourth-order valence-electron chi connectivity index (χ4n) is 3.42. The number of ether oxygens (including phenoxy) is 2. The first-order valence-electron chi connectivity index (χ1n) is 9.37. The zero-order valence-corrected chi connectivity index (χ0v) is 16.2. The van der Waals surface area contributed by atoms with Crippen molar-refractivity contribution in [1.82, 2.24) is 4.98 Å². The van der Waals surface area contributed by atoms with E-state index < -0.39 is 0 Å². The van der Waals surface area contributed by atoms with Crippen LogP contribution < -0.4 is 0 Å². The number of fused-ring (bicyclic) bond motifs is 1.